The van der Waals surface area contributed by atoms with Crippen molar-refractivity contribution in [3.8, 4) is 23.3 Å². The van der Waals surface area contributed by atoms with E-state index in [0.29, 0.717) is 11.8 Å². The summed E-state index contributed by atoms with van der Waals surface area (Å²) in [6, 6.07) is 7.88. The second-order valence-electron chi connectivity index (χ2n) is 10.3. The average Bonchev–Trinajstić information content (AvgIpc) is 3.78. The summed E-state index contributed by atoms with van der Waals surface area (Å²) in [5, 5.41) is 0. The molecule has 7 rings (SSSR count). The summed E-state index contributed by atoms with van der Waals surface area (Å²) in [5.74, 6) is 6.03. The third-order valence-electron chi connectivity index (χ3n) is 7.46. The Morgan fingerprint density at radius 3 is 1.35 bits per heavy atom. The van der Waals surface area contributed by atoms with E-state index in [1.165, 1.54) is 73.9 Å². The predicted molar refractivity (Wildman–Crippen MR) is 128 cm³/mol. The molecule has 6 nitrogen and oxygen atoms in total. The van der Waals surface area contributed by atoms with Crippen molar-refractivity contribution in [2.24, 2.45) is 0 Å². The summed E-state index contributed by atoms with van der Waals surface area (Å²) < 4.78 is 12.6. The minimum Gasteiger partial charge on any atom is -0.439 e. The molecular weight excluding hydrogens is 424 g/mol. The quantitative estimate of drug-likeness (QED) is 0.431. The van der Waals surface area contributed by atoms with Gasteiger partial charge in [-0.3, -0.25) is 0 Å². The normalized spacial score (nSPS) is 19.3. The highest BCUT2D eigenvalue weighted by molar-refractivity contribution is 5.42. The van der Waals surface area contributed by atoms with Gasteiger partial charge in [-0.1, -0.05) is 0 Å². The van der Waals surface area contributed by atoms with Gasteiger partial charge in [0.25, 0.3) is 0 Å². The van der Waals surface area contributed by atoms with E-state index in [1.807, 2.05) is 24.3 Å². The van der Waals surface area contributed by atoms with Crippen LogP contribution >= 0.6 is 0 Å². The maximum atomic E-state index is 6.32. The van der Waals surface area contributed by atoms with Gasteiger partial charge in [0.15, 0.2) is 0 Å². The molecule has 0 radical (unpaired) electrons. The highest BCUT2D eigenvalue weighted by Crippen LogP contribution is 2.42. The first-order valence-corrected chi connectivity index (χ1v) is 13.1. The minimum atomic E-state index is 0.518. The smallest absolute Gasteiger partial charge is 0.226 e. The van der Waals surface area contributed by atoms with Gasteiger partial charge in [-0.15, -0.1) is 0 Å². The van der Waals surface area contributed by atoms with Gasteiger partial charge in [-0.25, -0.2) is 9.97 Å². The van der Waals surface area contributed by atoms with Crippen LogP contribution in [0.25, 0.3) is 0 Å². The molecule has 4 aliphatic rings. The summed E-state index contributed by atoms with van der Waals surface area (Å²) in [5.41, 5.74) is 4.77. The molecule has 0 bridgehead atoms. The van der Waals surface area contributed by atoms with Gasteiger partial charge in [0.1, 0.15) is 23.1 Å². The fourth-order valence-electron chi connectivity index (χ4n) is 5.17. The molecular formula is C28H30N4O2. The number of fused-ring (bicyclic) bond motifs is 2. The third kappa shape index (κ3) is 4.04. The summed E-state index contributed by atoms with van der Waals surface area (Å²) in [4.78, 5) is 19.4. The molecule has 34 heavy (non-hydrogen) atoms. The second kappa shape index (κ2) is 8.33. The fraction of sp³-hybridized carbons (Fsp3) is 0.500. The minimum absolute atomic E-state index is 0.518. The highest BCUT2D eigenvalue weighted by atomic mass is 16.5. The Bertz CT molecular complexity index is 1140. The summed E-state index contributed by atoms with van der Waals surface area (Å²) >= 11 is 0. The molecule has 6 heteroatoms. The second-order valence-corrected chi connectivity index (χ2v) is 10.3. The number of ether oxygens (including phenoxy) is 2. The number of aromatic nitrogens is 4. The molecule has 0 aliphatic heterocycles. The lowest BCUT2D eigenvalue weighted by Gasteiger charge is -2.20. The summed E-state index contributed by atoms with van der Waals surface area (Å²) in [6.45, 7) is 0. The molecule has 0 atom stereocenters. The number of nitrogens with zero attached hydrogens (tertiary/aromatic N) is 4. The molecule has 3 aromatic rings. The van der Waals surface area contributed by atoms with Crippen LogP contribution in [0.2, 0.25) is 0 Å². The van der Waals surface area contributed by atoms with Gasteiger partial charge < -0.3 is 9.47 Å². The third-order valence-corrected chi connectivity index (χ3v) is 7.46. The first-order valence-electron chi connectivity index (χ1n) is 13.1. The van der Waals surface area contributed by atoms with E-state index in [-0.39, 0.29) is 0 Å². The van der Waals surface area contributed by atoms with Crippen LogP contribution < -0.4 is 9.47 Å². The Morgan fingerprint density at radius 1 is 0.529 bits per heavy atom. The van der Waals surface area contributed by atoms with Crippen molar-refractivity contribution < 1.29 is 9.47 Å². The Kier molecular flexibility index (Phi) is 4.99. The molecule has 0 saturated heterocycles. The first kappa shape index (κ1) is 20.4. The van der Waals surface area contributed by atoms with Crippen LogP contribution in [-0.4, -0.2) is 19.9 Å². The molecule has 0 N–H and O–H groups in total. The molecule has 2 saturated carbocycles. The molecule has 0 amide bonds. The number of rotatable bonds is 6. The van der Waals surface area contributed by atoms with E-state index in [4.69, 9.17) is 29.4 Å². The van der Waals surface area contributed by atoms with Crippen LogP contribution in [0.15, 0.2) is 24.3 Å². The molecule has 4 aliphatic carbocycles. The predicted octanol–water partition coefficient (Wildman–Crippen LogP) is 6.36. The van der Waals surface area contributed by atoms with Crippen molar-refractivity contribution in [3.63, 3.8) is 0 Å². The van der Waals surface area contributed by atoms with E-state index in [9.17, 15) is 0 Å². The van der Waals surface area contributed by atoms with Crippen LogP contribution in [0.5, 0.6) is 23.3 Å². The highest BCUT2D eigenvalue weighted by Gasteiger charge is 2.31. The van der Waals surface area contributed by atoms with Crippen molar-refractivity contribution in [1.29, 1.82) is 0 Å². The van der Waals surface area contributed by atoms with Crippen molar-refractivity contribution >= 4 is 0 Å². The van der Waals surface area contributed by atoms with E-state index in [0.717, 1.165) is 60.6 Å². The Labute approximate surface area is 200 Å². The van der Waals surface area contributed by atoms with Crippen LogP contribution in [0.1, 0.15) is 97.4 Å². The van der Waals surface area contributed by atoms with E-state index >= 15 is 0 Å². The van der Waals surface area contributed by atoms with Crippen molar-refractivity contribution in [1.82, 2.24) is 19.9 Å². The van der Waals surface area contributed by atoms with Gasteiger partial charge in [0, 0.05) is 23.0 Å². The maximum absolute atomic E-state index is 6.32. The van der Waals surface area contributed by atoms with Crippen molar-refractivity contribution in [2.75, 3.05) is 0 Å². The average molecular weight is 455 g/mol. The summed E-state index contributed by atoms with van der Waals surface area (Å²) in [7, 11) is 0. The van der Waals surface area contributed by atoms with Crippen LogP contribution in [-0.2, 0) is 25.7 Å². The monoisotopic (exact) mass is 454 g/mol. The number of hydrogen-bond acceptors (Lipinski definition) is 6. The van der Waals surface area contributed by atoms with Gasteiger partial charge in [-0.05, 0) is 101 Å². The van der Waals surface area contributed by atoms with Crippen LogP contribution in [0.3, 0.4) is 0 Å². The summed E-state index contributed by atoms with van der Waals surface area (Å²) in [6.07, 6.45) is 13.6. The fourth-order valence-corrected chi connectivity index (χ4v) is 5.17. The van der Waals surface area contributed by atoms with E-state index in [2.05, 4.69) is 0 Å². The van der Waals surface area contributed by atoms with E-state index < -0.39 is 0 Å². The van der Waals surface area contributed by atoms with Gasteiger partial charge in [0.05, 0.1) is 11.4 Å². The van der Waals surface area contributed by atoms with Crippen molar-refractivity contribution in [3.05, 3.63) is 58.4 Å². The van der Waals surface area contributed by atoms with E-state index in [1.54, 1.807) is 0 Å². The Hall–Kier alpha value is -3.02. The Balaban J connectivity index is 1.14. The molecule has 2 heterocycles. The van der Waals surface area contributed by atoms with Crippen LogP contribution in [0, 0.1) is 0 Å². The van der Waals surface area contributed by atoms with Gasteiger partial charge in [0.2, 0.25) is 11.8 Å². The molecule has 174 valence electrons. The van der Waals surface area contributed by atoms with Gasteiger partial charge in [-0.2, -0.15) is 9.97 Å². The van der Waals surface area contributed by atoms with Gasteiger partial charge >= 0.3 is 0 Å². The number of aryl methyl sites for hydroxylation is 2. The zero-order valence-corrected chi connectivity index (χ0v) is 19.6. The SMILES string of the molecule is c1cc(Oc2nc(C3CC3)nc3c2CCCC3)ccc1Oc1nc(C2CC2)nc2c1CCCC2. The lowest BCUT2D eigenvalue weighted by Crippen LogP contribution is -2.11. The zero-order valence-electron chi connectivity index (χ0n) is 19.6. The van der Waals surface area contributed by atoms with Crippen LogP contribution in [0.4, 0.5) is 0 Å². The molecule has 2 fully saturated rings. The Morgan fingerprint density at radius 2 is 0.941 bits per heavy atom. The lowest BCUT2D eigenvalue weighted by molar-refractivity contribution is 0.432. The molecule has 0 unspecified atom stereocenters. The first-order chi connectivity index (χ1) is 16.8. The maximum Gasteiger partial charge on any atom is 0.226 e. The molecule has 1 aromatic carbocycles. The molecule has 2 aromatic heterocycles. The molecule has 0 spiro atoms. The topological polar surface area (TPSA) is 70.0 Å². The van der Waals surface area contributed by atoms with Crippen molar-refractivity contribution in [2.45, 2.75) is 88.9 Å². The standard InChI is InChI=1S/C28H30N4O2/c1-3-7-23-21(5-1)27(31-25(29-23)17-9-10-17)33-19-13-15-20(16-14-19)34-28-22-6-2-4-8-24(22)30-26(32-28)18-11-12-18/h13-18H,1-12H2. The largest absolute Gasteiger partial charge is 0.439 e. The number of benzene rings is 1. The number of hydrogen-bond donors (Lipinski definition) is 0. The lowest BCUT2D eigenvalue weighted by atomic mass is 9.96. The zero-order chi connectivity index (χ0) is 22.5.